The third kappa shape index (κ3) is 2.83. The zero-order chi connectivity index (χ0) is 14.4. The first-order valence-corrected chi connectivity index (χ1v) is 6.66. The molecule has 108 valence electrons. The van der Waals surface area contributed by atoms with Gasteiger partial charge >= 0.3 is 12.1 Å². The quantitative estimate of drug-likeness (QED) is 0.815. The van der Waals surface area contributed by atoms with Gasteiger partial charge in [0.25, 0.3) is 0 Å². The third-order valence-electron chi connectivity index (χ3n) is 3.82. The summed E-state index contributed by atoms with van der Waals surface area (Å²) in [6.07, 6.45) is 0.551. The Morgan fingerprint density at radius 2 is 2.00 bits per heavy atom. The maximum absolute atomic E-state index is 12.1. The van der Waals surface area contributed by atoms with Crippen LogP contribution in [-0.2, 0) is 9.53 Å². The fourth-order valence-electron chi connectivity index (χ4n) is 3.05. The van der Waals surface area contributed by atoms with Crippen molar-refractivity contribution >= 4 is 12.1 Å². The number of rotatable bonds is 2. The minimum Gasteiger partial charge on any atom is -0.480 e. The number of fused-ring (bicyclic) bond motifs is 2. The van der Waals surface area contributed by atoms with Crippen LogP contribution in [0.1, 0.15) is 34.1 Å². The predicted octanol–water partition coefficient (Wildman–Crippen LogP) is 1.15. The molecule has 1 unspecified atom stereocenters. The lowest BCUT2D eigenvalue weighted by Crippen LogP contribution is -2.55. The highest BCUT2D eigenvalue weighted by Crippen LogP contribution is 2.36. The fraction of sp³-hybridized carbons (Fsp3) is 0.846. The van der Waals surface area contributed by atoms with Crippen LogP contribution in [0, 0.1) is 0 Å². The first-order chi connectivity index (χ1) is 8.69. The number of carbonyl (C=O) groups excluding carboxylic acids is 1. The van der Waals surface area contributed by atoms with Gasteiger partial charge in [0.2, 0.25) is 0 Å². The number of likely N-dealkylation sites (tertiary alicyclic amines) is 2. The molecule has 6 heteroatoms. The highest BCUT2D eigenvalue weighted by molar-refractivity contribution is 5.71. The van der Waals surface area contributed by atoms with Crippen molar-refractivity contribution in [2.45, 2.75) is 57.8 Å². The Labute approximate surface area is 113 Å². The molecule has 19 heavy (non-hydrogen) atoms. The number of hydrogen-bond acceptors (Lipinski definition) is 4. The van der Waals surface area contributed by atoms with Gasteiger partial charge in [-0.1, -0.05) is 0 Å². The Morgan fingerprint density at radius 1 is 1.37 bits per heavy atom. The van der Waals surface area contributed by atoms with E-state index >= 15 is 0 Å². The molecule has 2 saturated heterocycles. The average molecular weight is 270 g/mol. The summed E-state index contributed by atoms with van der Waals surface area (Å²) in [4.78, 5) is 26.6. The second kappa shape index (κ2) is 4.67. The molecule has 6 nitrogen and oxygen atoms in total. The van der Waals surface area contributed by atoms with Crippen molar-refractivity contribution in [1.82, 2.24) is 9.80 Å². The lowest BCUT2D eigenvalue weighted by atomic mass is 10.1. The normalized spacial score (nSPS) is 30.7. The van der Waals surface area contributed by atoms with E-state index in [0.29, 0.717) is 6.54 Å². The van der Waals surface area contributed by atoms with Crippen molar-refractivity contribution in [3.63, 3.8) is 0 Å². The Hall–Kier alpha value is -1.30. The van der Waals surface area contributed by atoms with Crippen LogP contribution in [0.2, 0.25) is 0 Å². The van der Waals surface area contributed by atoms with Crippen LogP contribution in [0.4, 0.5) is 4.79 Å². The first kappa shape index (κ1) is 14.1. The number of aliphatic carboxylic acids is 1. The zero-order valence-corrected chi connectivity index (χ0v) is 11.9. The van der Waals surface area contributed by atoms with E-state index in [2.05, 4.69) is 0 Å². The molecular formula is C13H22N2O4. The lowest BCUT2D eigenvalue weighted by Gasteiger charge is -2.38. The van der Waals surface area contributed by atoms with Crippen LogP contribution in [0.5, 0.6) is 0 Å². The molecule has 0 saturated carbocycles. The second-order valence-corrected chi connectivity index (χ2v) is 6.40. The molecule has 2 heterocycles. The fourth-order valence-corrected chi connectivity index (χ4v) is 3.05. The number of ether oxygens (including phenoxy) is 1. The summed E-state index contributed by atoms with van der Waals surface area (Å²) >= 11 is 0. The van der Waals surface area contributed by atoms with Crippen molar-refractivity contribution in [2.75, 3.05) is 13.1 Å². The van der Waals surface area contributed by atoms with Crippen molar-refractivity contribution in [2.24, 2.45) is 0 Å². The van der Waals surface area contributed by atoms with E-state index < -0.39 is 11.6 Å². The van der Waals surface area contributed by atoms with Gasteiger partial charge in [-0.15, -0.1) is 0 Å². The number of carboxylic acids is 1. The number of piperazine rings is 1. The molecule has 1 N–H and O–H groups in total. The van der Waals surface area contributed by atoms with Gasteiger partial charge in [0.1, 0.15) is 5.60 Å². The van der Waals surface area contributed by atoms with Gasteiger partial charge in [-0.05, 0) is 34.1 Å². The molecule has 1 amide bonds. The first-order valence-electron chi connectivity index (χ1n) is 6.66. The maximum atomic E-state index is 12.1. The molecular weight excluding hydrogens is 248 g/mol. The highest BCUT2D eigenvalue weighted by Gasteiger charge is 2.51. The van der Waals surface area contributed by atoms with Crippen LogP contribution in [0.3, 0.4) is 0 Å². The Bertz CT molecular complexity index is 389. The summed E-state index contributed by atoms with van der Waals surface area (Å²) in [5.74, 6) is -0.816. The molecule has 0 aromatic heterocycles. The smallest absolute Gasteiger partial charge is 0.410 e. The van der Waals surface area contributed by atoms with E-state index in [0.717, 1.165) is 6.42 Å². The van der Waals surface area contributed by atoms with Gasteiger partial charge in [0, 0.05) is 18.6 Å². The van der Waals surface area contributed by atoms with Crippen LogP contribution in [0.25, 0.3) is 0 Å². The zero-order valence-electron chi connectivity index (χ0n) is 11.9. The Morgan fingerprint density at radius 3 is 2.47 bits per heavy atom. The van der Waals surface area contributed by atoms with Gasteiger partial charge in [-0.3, -0.25) is 9.69 Å². The monoisotopic (exact) mass is 270 g/mol. The summed E-state index contributed by atoms with van der Waals surface area (Å²) in [5.41, 5.74) is -0.497. The van der Waals surface area contributed by atoms with Crippen molar-refractivity contribution in [1.29, 1.82) is 0 Å². The molecule has 2 fully saturated rings. The van der Waals surface area contributed by atoms with E-state index in [1.165, 1.54) is 0 Å². The standard InChI is InChI=1S/C13H22N2O4/c1-8-10-5-9(14(8)7-11(16)17)6-15(10)12(18)19-13(2,3)4/h8-10H,5-7H2,1-4H3,(H,16,17)/t8?,9-,10-/m0/s1. The molecule has 3 atom stereocenters. The SMILES string of the molecule is CC1[C@@H]2C[C@@H](CN2C(=O)OC(C)(C)C)N1CC(=O)O. The van der Waals surface area contributed by atoms with Gasteiger partial charge in [-0.2, -0.15) is 0 Å². The maximum Gasteiger partial charge on any atom is 0.410 e. The molecule has 0 radical (unpaired) electrons. The van der Waals surface area contributed by atoms with Crippen LogP contribution in [-0.4, -0.2) is 63.8 Å². The molecule has 2 aliphatic heterocycles. The molecule has 0 aromatic carbocycles. The third-order valence-corrected chi connectivity index (χ3v) is 3.82. The number of hydrogen-bond donors (Lipinski definition) is 1. The summed E-state index contributed by atoms with van der Waals surface area (Å²) in [6.45, 7) is 8.13. The highest BCUT2D eigenvalue weighted by atomic mass is 16.6. The van der Waals surface area contributed by atoms with E-state index in [1.54, 1.807) is 4.90 Å². The molecule has 2 bridgehead atoms. The number of amides is 1. The number of nitrogens with zero attached hydrogens (tertiary/aromatic N) is 2. The second-order valence-electron chi connectivity index (χ2n) is 6.40. The Balaban J connectivity index is 2.00. The van der Waals surface area contributed by atoms with E-state index in [4.69, 9.17) is 9.84 Å². The molecule has 0 aromatic rings. The van der Waals surface area contributed by atoms with Crippen molar-refractivity contribution < 1.29 is 19.4 Å². The largest absolute Gasteiger partial charge is 0.480 e. The van der Waals surface area contributed by atoms with Gasteiger partial charge in [0.15, 0.2) is 0 Å². The van der Waals surface area contributed by atoms with Crippen molar-refractivity contribution in [3.05, 3.63) is 0 Å². The van der Waals surface area contributed by atoms with Crippen LogP contribution >= 0.6 is 0 Å². The van der Waals surface area contributed by atoms with Crippen LogP contribution < -0.4 is 0 Å². The van der Waals surface area contributed by atoms with Gasteiger partial charge in [-0.25, -0.2) is 4.79 Å². The van der Waals surface area contributed by atoms with E-state index in [1.807, 2.05) is 32.6 Å². The predicted molar refractivity (Wildman–Crippen MR) is 68.9 cm³/mol. The van der Waals surface area contributed by atoms with Gasteiger partial charge in [0.05, 0.1) is 12.6 Å². The summed E-state index contributed by atoms with van der Waals surface area (Å²) in [7, 11) is 0. The average Bonchev–Trinajstić information content (AvgIpc) is 2.76. The van der Waals surface area contributed by atoms with Gasteiger partial charge < -0.3 is 14.7 Å². The minimum atomic E-state index is -0.816. The van der Waals surface area contributed by atoms with E-state index in [9.17, 15) is 9.59 Å². The summed E-state index contributed by atoms with van der Waals surface area (Å²) in [6, 6.07) is 0.283. The molecule has 0 spiro atoms. The number of carbonyl (C=O) groups is 2. The molecule has 0 aliphatic carbocycles. The molecule has 2 rings (SSSR count). The summed E-state index contributed by atoms with van der Waals surface area (Å²) < 4.78 is 5.39. The number of carboxylic acid groups (broad SMARTS) is 1. The van der Waals surface area contributed by atoms with Crippen molar-refractivity contribution in [3.8, 4) is 0 Å². The Kier molecular flexibility index (Phi) is 3.47. The molecule has 2 aliphatic rings. The van der Waals surface area contributed by atoms with Crippen LogP contribution in [0.15, 0.2) is 0 Å². The minimum absolute atomic E-state index is 0.0461. The lowest BCUT2D eigenvalue weighted by molar-refractivity contribution is -0.139. The summed E-state index contributed by atoms with van der Waals surface area (Å²) in [5, 5.41) is 8.90. The topological polar surface area (TPSA) is 70.1 Å². The van der Waals surface area contributed by atoms with E-state index in [-0.39, 0.29) is 30.8 Å².